The first kappa shape index (κ1) is 17.2. The average molecular weight is 358 g/mol. The zero-order valence-electron chi connectivity index (χ0n) is 13.9. The number of benzene rings is 1. The van der Waals surface area contributed by atoms with Gasteiger partial charge < -0.3 is 15.4 Å². The molecule has 0 atom stereocenters. The van der Waals surface area contributed by atoms with Crippen molar-refractivity contribution in [3.05, 3.63) is 36.2 Å². The highest BCUT2D eigenvalue weighted by Crippen LogP contribution is 2.23. The lowest BCUT2D eigenvalue weighted by Crippen LogP contribution is -2.28. The van der Waals surface area contributed by atoms with Gasteiger partial charge in [0.25, 0.3) is 5.91 Å². The lowest BCUT2D eigenvalue weighted by molar-refractivity contribution is 0.0937. The summed E-state index contributed by atoms with van der Waals surface area (Å²) in [6.07, 6.45) is 5.16. The van der Waals surface area contributed by atoms with Crippen molar-refractivity contribution in [1.82, 2.24) is 25.5 Å². The Morgan fingerprint density at radius 1 is 1.36 bits per heavy atom. The summed E-state index contributed by atoms with van der Waals surface area (Å²) in [5.41, 5.74) is 2.07. The van der Waals surface area contributed by atoms with Gasteiger partial charge in [-0.2, -0.15) is 5.10 Å². The molecule has 9 heteroatoms. The number of carbonyl (C=O) groups is 1. The fraction of sp³-hybridized carbons (Fsp3) is 0.250. The fourth-order valence-electron chi connectivity index (χ4n) is 2.24. The van der Waals surface area contributed by atoms with Crippen LogP contribution in [0.25, 0.3) is 10.9 Å². The number of nitrogens with zero attached hydrogens (tertiary/aromatic N) is 3. The van der Waals surface area contributed by atoms with Gasteiger partial charge in [-0.15, -0.1) is 0 Å². The molecule has 8 nitrogen and oxygen atoms in total. The van der Waals surface area contributed by atoms with E-state index in [1.54, 1.807) is 13.3 Å². The molecule has 0 saturated heterocycles. The smallest absolute Gasteiger partial charge is 0.256 e. The van der Waals surface area contributed by atoms with Gasteiger partial charge in [0.2, 0.25) is 0 Å². The predicted octanol–water partition coefficient (Wildman–Crippen LogP) is 2.19. The van der Waals surface area contributed by atoms with Crippen LogP contribution >= 0.6 is 11.8 Å². The van der Waals surface area contributed by atoms with Crippen LogP contribution in [0.2, 0.25) is 0 Å². The van der Waals surface area contributed by atoms with Gasteiger partial charge >= 0.3 is 0 Å². The van der Waals surface area contributed by atoms with Crippen LogP contribution < -0.4 is 10.6 Å². The van der Waals surface area contributed by atoms with Crippen LogP contribution in [0.3, 0.4) is 0 Å². The normalized spacial score (nSPS) is 10.8. The third-order valence-corrected chi connectivity index (χ3v) is 4.05. The first-order valence-corrected chi connectivity index (χ1v) is 8.82. The van der Waals surface area contributed by atoms with Crippen molar-refractivity contribution >= 4 is 40.1 Å². The molecule has 2 heterocycles. The molecule has 0 saturated carbocycles. The zero-order chi connectivity index (χ0) is 17.6. The first-order valence-electron chi connectivity index (χ1n) is 7.59. The van der Waals surface area contributed by atoms with Crippen LogP contribution in [-0.4, -0.2) is 52.6 Å². The summed E-state index contributed by atoms with van der Waals surface area (Å²) in [6, 6.07) is 5.76. The number of amides is 1. The van der Waals surface area contributed by atoms with Crippen LogP contribution in [-0.2, 0) is 4.74 Å². The van der Waals surface area contributed by atoms with E-state index in [9.17, 15) is 4.79 Å². The number of aromatic amines is 1. The number of thioether (sulfide) groups is 1. The van der Waals surface area contributed by atoms with Crippen molar-refractivity contribution < 1.29 is 9.53 Å². The monoisotopic (exact) mass is 358 g/mol. The zero-order valence-corrected chi connectivity index (χ0v) is 14.7. The van der Waals surface area contributed by atoms with Crippen molar-refractivity contribution in [2.45, 2.75) is 5.16 Å². The number of hydrogen-bond donors (Lipinski definition) is 3. The van der Waals surface area contributed by atoms with E-state index in [1.165, 1.54) is 18.0 Å². The lowest BCUT2D eigenvalue weighted by Gasteiger charge is -2.12. The fourth-order valence-corrected chi connectivity index (χ4v) is 2.58. The van der Waals surface area contributed by atoms with Crippen LogP contribution in [0.4, 0.5) is 11.5 Å². The summed E-state index contributed by atoms with van der Waals surface area (Å²) in [5.74, 6) is 0.197. The van der Waals surface area contributed by atoms with Gasteiger partial charge in [-0.1, -0.05) is 11.8 Å². The Balaban J connectivity index is 1.88. The molecule has 1 aromatic carbocycles. The van der Waals surface area contributed by atoms with Crippen molar-refractivity contribution in [3.8, 4) is 0 Å². The standard InChI is InChI=1S/C16H18N6O2S/c1-24-6-5-17-15(23)12-9-18-16(25-2)21-14(12)20-11-4-3-10-8-19-22-13(10)7-11/h3-4,7-9H,5-6H2,1-2H3,(H,17,23)(H,19,22)(H,18,20,21). The molecule has 0 aliphatic carbocycles. The summed E-state index contributed by atoms with van der Waals surface area (Å²) in [5, 5.41) is 14.5. The maximum Gasteiger partial charge on any atom is 0.256 e. The van der Waals surface area contributed by atoms with Crippen LogP contribution in [0, 0.1) is 0 Å². The lowest BCUT2D eigenvalue weighted by atomic mass is 10.2. The van der Waals surface area contributed by atoms with Crippen LogP contribution in [0.1, 0.15) is 10.4 Å². The molecule has 0 aliphatic rings. The van der Waals surface area contributed by atoms with Crippen LogP contribution in [0.15, 0.2) is 35.7 Å². The molecule has 0 aliphatic heterocycles. The Kier molecular flexibility index (Phi) is 5.46. The molecule has 130 valence electrons. The SMILES string of the molecule is COCCNC(=O)c1cnc(SC)nc1Nc1ccc2cn[nH]c2c1. The third-order valence-electron chi connectivity index (χ3n) is 3.49. The maximum absolute atomic E-state index is 12.4. The largest absolute Gasteiger partial charge is 0.383 e. The van der Waals surface area contributed by atoms with Crippen molar-refractivity contribution in [2.24, 2.45) is 0 Å². The molecule has 2 aromatic heterocycles. The third kappa shape index (κ3) is 4.06. The number of nitrogens with one attached hydrogen (secondary N) is 3. The molecule has 0 bridgehead atoms. The Labute approximate surface area is 148 Å². The topological polar surface area (TPSA) is 105 Å². The van der Waals surface area contributed by atoms with Gasteiger partial charge in [0.05, 0.1) is 18.3 Å². The molecule has 0 radical (unpaired) electrons. The summed E-state index contributed by atoms with van der Waals surface area (Å²) < 4.78 is 4.95. The second-order valence-electron chi connectivity index (χ2n) is 5.16. The molecular formula is C16H18N6O2S. The van der Waals surface area contributed by atoms with Gasteiger partial charge in [-0.05, 0) is 24.5 Å². The molecule has 3 aromatic rings. The molecule has 0 fully saturated rings. The second-order valence-corrected chi connectivity index (χ2v) is 5.94. The van der Waals surface area contributed by atoms with E-state index >= 15 is 0 Å². The summed E-state index contributed by atoms with van der Waals surface area (Å²) >= 11 is 1.41. The summed E-state index contributed by atoms with van der Waals surface area (Å²) in [4.78, 5) is 21.0. The number of carbonyl (C=O) groups excluding carboxylic acids is 1. The van der Waals surface area contributed by atoms with Crippen molar-refractivity contribution in [1.29, 1.82) is 0 Å². The second kappa shape index (κ2) is 7.95. The minimum atomic E-state index is -0.255. The van der Waals surface area contributed by atoms with E-state index < -0.39 is 0 Å². The van der Waals surface area contributed by atoms with Gasteiger partial charge in [0.1, 0.15) is 11.4 Å². The minimum absolute atomic E-state index is 0.255. The van der Waals surface area contributed by atoms with Gasteiger partial charge in [0.15, 0.2) is 5.16 Å². The Bertz CT molecular complexity index is 882. The Morgan fingerprint density at radius 2 is 2.24 bits per heavy atom. The van der Waals surface area contributed by atoms with E-state index in [4.69, 9.17) is 4.74 Å². The van der Waals surface area contributed by atoms with Crippen LogP contribution in [0.5, 0.6) is 0 Å². The van der Waals surface area contributed by atoms with Crippen molar-refractivity contribution in [2.75, 3.05) is 31.8 Å². The molecule has 0 unspecified atom stereocenters. The maximum atomic E-state index is 12.4. The number of aromatic nitrogens is 4. The highest BCUT2D eigenvalue weighted by molar-refractivity contribution is 7.98. The van der Waals surface area contributed by atoms with E-state index in [0.717, 1.165) is 16.6 Å². The average Bonchev–Trinajstić information content (AvgIpc) is 3.09. The first-order chi connectivity index (χ1) is 12.2. The molecule has 25 heavy (non-hydrogen) atoms. The van der Waals surface area contributed by atoms with Gasteiger partial charge in [0, 0.05) is 30.9 Å². The predicted molar refractivity (Wildman–Crippen MR) is 97.4 cm³/mol. The van der Waals surface area contributed by atoms with E-state index in [-0.39, 0.29) is 5.91 Å². The highest BCUT2D eigenvalue weighted by atomic mass is 32.2. The minimum Gasteiger partial charge on any atom is -0.383 e. The number of rotatable bonds is 7. The number of H-pyrrole nitrogens is 1. The molecule has 3 rings (SSSR count). The number of hydrogen-bond acceptors (Lipinski definition) is 7. The summed E-state index contributed by atoms with van der Waals surface area (Å²) in [7, 11) is 1.58. The van der Waals surface area contributed by atoms with Gasteiger partial charge in [-0.25, -0.2) is 9.97 Å². The number of ether oxygens (including phenoxy) is 1. The highest BCUT2D eigenvalue weighted by Gasteiger charge is 2.15. The van der Waals surface area contributed by atoms with Gasteiger partial charge in [-0.3, -0.25) is 9.89 Å². The number of methoxy groups -OCH3 is 1. The van der Waals surface area contributed by atoms with E-state index in [0.29, 0.717) is 29.7 Å². The number of fused-ring (bicyclic) bond motifs is 1. The molecule has 3 N–H and O–H groups in total. The molecule has 1 amide bonds. The Morgan fingerprint density at radius 3 is 3.04 bits per heavy atom. The quantitative estimate of drug-likeness (QED) is 0.338. The van der Waals surface area contributed by atoms with E-state index in [2.05, 4.69) is 30.8 Å². The summed E-state index contributed by atoms with van der Waals surface area (Å²) in [6.45, 7) is 0.855. The molecule has 0 spiro atoms. The Hall–Kier alpha value is -2.65. The van der Waals surface area contributed by atoms with E-state index in [1.807, 2.05) is 24.5 Å². The molecular weight excluding hydrogens is 340 g/mol. The number of anilines is 2. The van der Waals surface area contributed by atoms with Crippen molar-refractivity contribution in [3.63, 3.8) is 0 Å².